The van der Waals surface area contributed by atoms with Gasteiger partial charge in [-0.3, -0.25) is 4.79 Å². The predicted molar refractivity (Wildman–Crippen MR) is 130 cm³/mol. The molecule has 6 heteroatoms. The summed E-state index contributed by atoms with van der Waals surface area (Å²) in [5, 5.41) is 24.3. The maximum absolute atomic E-state index is 12.8. The van der Waals surface area contributed by atoms with E-state index in [1.165, 1.54) is 18.2 Å². The van der Waals surface area contributed by atoms with Gasteiger partial charge in [-0.25, -0.2) is 0 Å². The van der Waals surface area contributed by atoms with Crippen LogP contribution in [0.15, 0.2) is 90.5 Å². The number of nitrogens with zero attached hydrogens (tertiary/aromatic N) is 1. The Morgan fingerprint density at radius 2 is 1.73 bits per heavy atom. The molecule has 162 valence electrons. The molecule has 0 fully saturated rings. The van der Waals surface area contributed by atoms with Crippen molar-refractivity contribution in [2.24, 2.45) is 0 Å². The lowest BCUT2D eigenvalue weighted by Gasteiger charge is -2.13. The summed E-state index contributed by atoms with van der Waals surface area (Å²) in [5.41, 5.74) is 1.97. The van der Waals surface area contributed by atoms with Crippen LogP contribution >= 0.6 is 11.6 Å². The fourth-order valence-corrected chi connectivity index (χ4v) is 3.45. The Hall–Kier alpha value is -4.27. The third kappa shape index (κ3) is 5.32. The number of nitriles is 1. The molecule has 2 N–H and O–H groups in total. The van der Waals surface area contributed by atoms with Crippen molar-refractivity contribution in [3.63, 3.8) is 0 Å². The normalized spacial score (nSPS) is 11.1. The van der Waals surface area contributed by atoms with Gasteiger partial charge in [0.15, 0.2) is 0 Å². The molecule has 4 rings (SSSR count). The van der Waals surface area contributed by atoms with E-state index in [4.69, 9.17) is 16.3 Å². The number of carbonyl (C=O) groups is 1. The third-order valence-electron chi connectivity index (χ3n) is 5.02. The van der Waals surface area contributed by atoms with Gasteiger partial charge in [0.1, 0.15) is 29.7 Å². The Morgan fingerprint density at radius 1 is 1.00 bits per heavy atom. The van der Waals surface area contributed by atoms with Crippen molar-refractivity contribution in [3.05, 3.63) is 107 Å². The molecule has 0 spiro atoms. The summed E-state index contributed by atoms with van der Waals surface area (Å²) in [6, 6.07) is 26.8. The topological polar surface area (TPSA) is 82.3 Å². The van der Waals surface area contributed by atoms with E-state index in [1.54, 1.807) is 24.3 Å². The lowest BCUT2D eigenvalue weighted by atomic mass is 10.0. The SMILES string of the molecule is N#C/C(=C\c1c(OCc2ccc(Cl)cc2)ccc2ccccc12)C(=O)Nc1ccc(O)cc1. The van der Waals surface area contributed by atoms with Gasteiger partial charge in [-0.1, -0.05) is 54.1 Å². The highest BCUT2D eigenvalue weighted by molar-refractivity contribution is 6.30. The van der Waals surface area contributed by atoms with Crippen LogP contribution in [0.5, 0.6) is 11.5 Å². The number of carbonyl (C=O) groups excluding carboxylic acids is 1. The molecule has 0 aliphatic rings. The Morgan fingerprint density at radius 3 is 2.45 bits per heavy atom. The molecule has 0 saturated heterocycles. The smallest absolute Gasteiger partial charge is 0.266 e. The molecule has 0 heterocycles. The van der Waals surface area contributed by atoms with Gasteiger partial charge in [-0.2, -0.15) is 5.26 Å². The second-order valence-electron chi connectivity index (χ2n) is 7.28. The zero-order chi connectivity index (χ0) is 23.2. The predicted octanol–water partition coefficient (Wildman–Crippen LogP) is 6.32. The number of anilines is 1. The second kappa shape index (κ2) is 9.90. The monoisotopic (exact) mass is 454 g/mol. The molecular formula is C27H19ClN2O3. The summed E-state index contributed by atoms with van der Waals surface area (Å²) < 4.78 is 6.07. The fraction of sp³-hybridized carbons (Fsp3) is 0.0370. The van der Waals surface area contributed by atoms with E-state index in [-0.39, 0.29) is 11.3 Å². The van der Waals surface area contributed by atoms with Crippen molar-refractivity contribution < 1.29 is 14.6 Å². The molecule has 0 radical (unpaired) electrons. The number of hydrogen-bond donors (Lipinski definition) is 2. The van der Waals surface area contributed by atoms with Gasteiger partial charge in [0.25, 0.3) is 5.91 Å². The first-order valence-corrected chi connectivity index (χ1v) is 10.5. The molecule has 5 nitrogen and oxygen atoms in total. The second-order valence-corrected chi connectivity index (χ2v) is 7.72. The minimum atomic E-state index is -0.556. The average Bonchev–Trinajstić information content (AvgIpc) is 2.84. The number of fused-ring (bicyclic) bond motifs is 1. The van der Waals surface area contributed by atoms with Crippen molar-refractivity contribution in [2.45, 2.75) is 6.61 Å². The van der Waals surface area contributed by atoms with Crippen molar-refractivity contribution in [1.82, 2.24) is 0 Å². The van der Waals surface area contributed by atoms with E-state index in [2.05, 4.69) is 5.32 Å². The van der Waals surface area contributed by atoms with E-state index in [0.29, 0.717) is 28.6 Å². The fourth-order valence-electron chi connectivity index (χ4n) is 3.33. The summed E-state index contributed by atoms with van der Waals surface area (Å²) in [6.45, 7) is 0.304. The van der Waals surface area contributed by atoms with Gasteiger partial charge < -0.3 is 15.2 Å². The zero-order valence-corrected chi connectivity index (χ0v) is 18.2. The highest BCUT2D eigenvalue weighted by Crippen LogP contribution is 2.31. The molecule has 4 aromatic carbocycles. The van der Waals surface area contributed by atoms with E-state index in [1.807, 2.05) is 54.6 Å². The van der Waals surface area contributed by atoms with Crippen LogP contribution in [0, 0.1) is 11.3 Å². The molecular weight excluding hydrogens is 436 g/mol. The Kier molecular flexibility index (Phi) is 6.58. The van der Waals surface area contributed by atoms with Gasteiger partial charge in [-0.05, 0) is 64.9 Å². The molecule has 0 aromatic heterocycles. The van der Waals surface area contributed by atoms with Gasteiger partial charge in [0, 0.05) is 16.3 Å². The first-order chi connectivity index (χ1) is 16.0. The number of ether oxygens (including phenoxy) is 1. The summed E-state index contributed by atoms with van der Waals surface area (Å²) >= 11 is 5.96. The largest absolute Gasteiger partial charge is 0.508 e. The van der Waals surface area contributed by atoms with Crippen LogP contribution in [0.2, 0.25) is 5.02 Å². The van der Waals surface area contributed by atoms with Crippen molar-refractivity contribution >= 4 is 40.0 Å². The van der Waals surface area contributed by atoms with Crippen LogP contribution in [0.25, 0.3) is 16.8 Å². The quantitative estimate of drug-likeness (QED) is 0.203. The van der Waals surface area contributed by atoms with Crippen LogP contribution < -0.4 is 10.1 Å². The first-order valence-electron chi connectivity index (χ1n) is 10.1. The Bertz CT molecular complexity index is 1370. The average molecular weight is 455 g/mol. The summed E-state index contributed by atoms with van der Waals surface area (Å²) in [6.07, 6.45) is 1.54. The Labute approximate surface area is 196 Å². The van der Waals surface area contributed by atoms with E-state index in [0.717, 1.165) is 16.3 Å². The summed E-state index contributed by atoms with van der Waals surface area (Å²) in [5.74, 6) is 0.0795. The summed E-state index contributed by atoms with van der Waals surface area (Å²) in [7, 11) is 0. The molecule has 0 atom stereocenters. The van der Waals surface area contributed by atoms with Crippen molar-refractivity contribution in [3.8, 4) is 17.6 Å². The first kappa shape index (κ1) is 21.9. The molecule has 33 heavy (non-hydrogen) atoms. The molecule has 4 aromatic rings. The molecule has 0 saturated carbocycles. The lowest BCUT2D eigenvalue weighted by Crippen LogP contribution is -2.13. The third-order valence-corrected chi connectivity index (χ3v) is 5.27. The van der Waals surface area contributed by atoms with Gasteiger partial charge in [0.2, 0.25) is 0 Å². The van der Waals surface area contributed by atoms with E-state index < -0.39 is 5.91 Å². The maximum Gasteiger partial charge on any atom is 0.266 e. The van der Waals surface area contributed by atoms with Crippen LogP contribution in [0.3, 0.4) is 0 Å². The Balaban J connectivity index is 1.68. The van der Waals surface area contributed by atoms with E-state index in [9.17, 15) is 15.2 Å². The van der Waals surface area contributed by atoms with Gasteiger partial charge >= 0.3 is 0 Å². The molecule has 0 bridgehead atoms. The number of phenols is 1. The van der Waals surface area contributed by atoms with Gasteiger partial charge in [-0.15, -0.1) is 0 Å². The van der Waals surface area contributed by atoms with Gasteiger partial charge in [0.05, 0.1) is 0 Å². The van der Waals surface area contributed by atoms with Crippen molar-refractivity contribution in [1.29, 1.82) is 5.26 Å². The molecule has 0 aliphatic carbocycles. The van der Waals surface area contributed by atoms with E-state index >= 15 is 0 Å². The lowest BCUT2D eigenvalue weighted by molar-refractivity contribution is -0.112. The molecule has 0 unspecified atom stereocenters. The molecule has 1 amide bonds. The van der Waals surface area contributed by atoms with Crippen LogP contribution in [0.4, 0.5) is 5.69 Å². The maximum atomic E-state index is 12.8. The number of nitrogens with one attached hydrogen (secondary N) is 1. The van der Waals surface area contributed by atoms with Crippen LogP contribution in [0.1, 0.15) is 11.1 Å². The summed E-state index contributed by atoms with van der Waals surface area (Å²) in [4.78, 5) is 12.8. The zero-order valence-electron chi connectivity index (χ0n) is 17.5. The minimum absolute atomic E-state index is 0.0734. The highest BCUT2D eigenvalue weighted by Gasteiger charge is 2.14. The number of hydrogen-bond acceptors (Lipinski definition) is 4. The van der Waals surface area contributed by atoms with Crippen molar-refractivity contribution in [2.75, 3.05) is 5.32 Å². The number of rotatable bonds is 6. The molecule has 0 aliphatic heterocycles. The number of aromatic hydroxyl groups is 1. The highest BCUT2D eigenvalue weighted by atomic mass is 35.5. The minimum Gasteiger partial charge on any atom is -0.508 e. The number of halogens is 1. The number of amides is 1. The standard InChI is InChI=1S/C27H19ClN2O3/c28-21-8-5-18(6-9-21)17-33-26-14-7-19-3-1-2-4-24(19)25(26)15-20(16-29)27(32)30-22-10-12-23(31)13-11-22/h1-15,31H,17H2,(H,30,32)/b20-15+. The number of benzene rings is 4. The van der Waals surface area contributed by atoms with Crippen LogP contribution in [-0.2, 0) is 11.4 Å². The number of phenolic OH excluding ortho intramolecular Hbond substituents is 1. The van der Waals surface area contributed by atoms with Crippen LogP contribution in [-0.4, -0.2) is 11.0 Å².